The van der Waals surface area contributed by atoms with Gasteiger partial charge in [-0.15, -0.1) is 0 Å². The molecule has 0 amide bonds. The van der Waals surface area contributed by atoms with E-state index in [1.807, 2.05) is 30.3 Å². The van der Waals surface area contributed by atoms with Crippen LogP contribution in [0.4, 0.5) is 0 Å². The molecule has 0 radical (unpaired) electrons. The first kappa shape index (κ1) is 8.24. The lowest BCUT2D eigenvalue weighted by Gasteiger charge is -2.12. The van der Waals surface area contributed by atoms with Gasteiger partial charge in [0.25, 0.3) is 0 Å². The third-order valence-electron chi connectivity index (χ3n) is 1.67. The van der Waals surface area contributed by atoms with Gasteiger partial charge in [-0.3, -0.25) is 0 Å². The van der Waals surface area contributed by atoms with Gasteiger partial charge in [0.1, 0.15) is 0 Å². The Morgan fingerprint density at radius 3 is 2.45 bits per heavy atom. The fourth-order valence-corrected chi connectivity index (χ4v) is 1.04. The van der Waals surface area contributed by atoms with Crippen molar-refractivity contribution >= 4 is 0 Å². The second kappa shape index (κ2) is 4.11. The minimum Gasteiger partial charge on any atom is -0.375 e. The molecule has 1 aromatic carbocycles. The normalized spacial score (nSPS) is 12.9. The number of benzene rings is 1. The second-order valence-electron chi connectivity index (χ2n) is 2.37. The topological polar surface area (TPSA) is 35.2 Å². The highest BCUT2D eigenvalue weighted by Gasteiger charge is 2.05. The molecule has 1 rings (SSSR count). The molecule has 0 saturated carbocycles. The maximum Gasteiger partial charge on any atom is 0.0943 e. The maximum absolute atomic E-state index is 5.49. The first-order valence-electron chi connectivity index (χ1n) is 3.66. The predicted octanol–water partition coefficient (Wildman–Crippen LogP) is 1.33. The number of hydrogen-bond donors (Lipinski definition) is 1. The molecule has 0 aromatic heterocycles. The van der Waals surface area contributed by atoms with Crippen molar-refractivity contribution in [1.82, 2.24) is 0 Å². The summed E-state index contributed by atoms with van der Waals surface area (Å²) in [4.78, 5) is 0. The van der Waals surface area contributed by atoms with Crippen LogP contribution in [-0.2, 0) is 4.74 Å². The van der Waals surface area contributed by atoms with Crippen molar-refractivity contribution in [3.63, 3.8) is 0 Å². The molecule has 0 bridgehead atoms. The van der Waals surface area contributed by atoms with E-state index in [2.05, 4.69) is 0 Å². The van der Waals surface area contributed by atoms with Crippen molar-refractivity contribution in [3.8, 4) is 0 Å². The molecule has 11 heavy (non-hydrogen) atoms. The Kier molecular flexibility index (Phi) is 3.08. The van der Waals surface area contributed by atoms with Gasteiger partial charge >= 0.3 is 0 Å². The van der Waals surface area contributed by atoms with Gasteiger partial charge in [0.2, 0.25) is 0 Å². The molecule has 1 unspecified atom stereocenters. The molecule has 0 heterocycles. The Labute approximate surface area is 67.0 Å². The van der Waals surface area contributed by atoms with Crippen LogP contribution in [0.5, 0.6) is 0 Å². The Morgan fingerprint density at radius 1 is 1.36 bits per heavy atom. The Hall–Kier alpha value is -0.860. The van der Waals surface area contributed by atoms with Gasteiger partial charge in [-0.05, 0) is 5.56 Å². The summed E-state index contributed by atoms with van der Waals surface area (Å²) < 4.78 is 5.16. The van der Waals surface area contributed by atoms with E-state index in [4.69, 9.17) is 10.5 Å². The lowest BCUT2D eigenvalue weighted by molar-refractivity contribution is 0.110. The number of hydrogen-bond acceptors (Lipinski definition) is 2. The standard InChI is InChI=1S/C9H13NO/c1-11-9(7-10)8-5-3-2-4-6-8/h2-6,9H,7,10H2,1H3. The van der Waals surface area contributed by atoms with Crippen molar-refractivity contribution in [3.05, 3.63) is 35.9 Å². The molecule has 2 nitrogen and oxygen atoms in total. The monoisotopic (exact) mass is 151 g/mol. The predicted molar refractivity (Wildman–Crippen MR) is 45.2 cm³/mol. The summed E-state index contributed by atoms with van der Waals surface area (Å²) in [5.41, 5.74) is 6.63. The summed E-state index contributed by atoms with van der Waals surface area (Å²) in [6, 6.07) is 9.98. The van der Waals surface area contributed by atoms with Gasteiger partial charge in [0.15, 0.2) is 0 Å². The minimum absolute atomic E-state index is 0.0381. The van der Waals surface area contributed by atoms with E-state index >= 15 is 0 Å². The summed E-state index contributed by atoms with van der Waals surface area (Å²) in [5, 5.41) is 0. The van der Waals surface area contributed by atoms with Gasteiger partial charge in [-0.1, -0.05) is 30.3 Å². The van der Waals surface area contributed by atoms with Crippen LogP contribution in [0.1, 0.15) is 11.7 Å². The molecule has 0 aliphatic rings. The molecule has 0 fully saturated rings. The second-order valence-corrected chi connectivity index (χ2v) is 2.37. The molecular formula is C9H13NO. The van der Waals surface area contributed by atoms with Crippen LogP contribution >= 0.6 is 0 Å². The molecule has 0 spiro atoms. The zero-order valence-electron chi connectivity index (χ0n) is 6.66. The Balaban J connectivity index is 2.74. The van der Waals surface area contributed by atoms with Crippen LogP contribution in [-0.4, -0.2) is 13.7 Å². The minimum atomic E-state index is 0.0381. The summed E-state index contributed by atoms with van der Waals surface area (Å²) in [5.74, 6) is 0. The number of methoxy groups -OCH3 is 1. The molecule has 2 N–H and O–H groups in total. The first-order valence-corrected chi connectivity index (χ1v) is 3.66. The largest absolute Gasteiger partial charge is 0.375 e. The molecule has 60 valence electrons. The van der Waals surface area contributed by atoms with E-state index in [9.17, 15) is 0 Å². The van der Waals surface area contributed by atoms with Gasteiger partial charge in [0.05, 0.1) is 6.10 Å². The SMILES string of the molecule is COC(CN)c1ccccc1. The van der Waals surface area contributed by atoms with Crippen molar-refractivity contribution in [2.45, 2.75) is 6.10 Å². The fourth-order valence-electron chi connectivity index (χ4n) is 1.04. The summed E-state index contributed by atoms with van der Waals surface area (Å²) in [6.07, 6.45) is 0.0381. The fraction of sp³-hybridized carbons (Fsp3) is 0.333. The van der Waals surface area contributed by atoms with Crippen LogP contribution in [0.2, 0.25) is 0 Å². The highest BCUT2D eigenvalue weighted by Crippen LogP contribution is 2.13. The Morgan fingerprint density at radius 2 is 2.00 bits per heavy atom. The quantitative estimate of drug-likeness (QED) is 0.707. The third kappa shape index (κ3) is 2.03. The van der Waals surface area contributed by atoms with E-state index in [1.165, 1.54) is 0 Å². The van der Waals surface area contributed by atoms with Crippen LogP contribution in [0.25, 0.3) is 0 Å². The summed E-state index contributed by atoms with van der Waals surface area (Å²) in [7, 11) is 1.67. The first-order chi connectivity index (χ1) is 5.38. The maximum atomic E-state index is 5.49. The van der Waals surface area contributed by atoms with E-state index in [1.54, 1.807) is 7.11 Å². The zero-order valence-corrected chi connectivity index (χ0v) is 6.66. The molecule has 1 atom stereocenters. The van der Waals surface area contributed by atoms with Crippen molar-refractivity contribution in [2.24, 2.45) is 5.73 Å². The van der Waals surface area contributed by atoms with E-state index in [-0.39, 0.29) is 6.10 Å². The molecular weight excluding hydrogens is 138 g/mol. The van der Waals surface area contributed by atoms with Gasteiger partial charge < -0.3 is 10.5 Å². The van der Waals surface area contributed by atoms with Crippen LogP contribution in [0, 0.1) is 0 Å². The van der Waals surface area contributed by atoms with Gasteiger partial charge in [-0.2, -0.15) is 0 Å². The van der Waals surface area contributed by atoms with Crippen LogP contribution in [0.3, 0.4) is 0 Å². The van der Waals surface area contributed by atoms with Gasteiger partial charge in [-0.25, -0.2) is 0 Å². The lowest BCUT2D eigenvalue weighted by atomic mass is 10.1. The van der Waals surface area contributed by atoms with Crippen molar-refractivity contribution in [2.75, 3.05) is 13.7 Å². The van der Waals surface area contributed by atoms with E-state index < -0.39 is 0 Å². The van der Waals surface area contributed by atoms with E-state index in [0.29, 0.717) is 6.54 Å². The third-order valence-corrected chi connectivity index (χ3v) is 1.67. The van der Waals surface area contributed by atoms with Crippen LogP contribution in [0.15, 0.2) is 30.3 Å². The number of rotatable bonds is 3. The molecule has 0 aliphatic carbocycles. The summed E-state index contributed by atoms with van der Waals surface area (Å²) in [6.45, 7) is 0.528. The highest BCUT2D eigenvalue weighted by molar-refractivity contribution is 5.17. The Bertz CT molecular complexity index is 194. The van der Waals surface area contributed by atoms with Crippen molar-refractivity contribution < 1.29 is 4.74 Å². The molecule has 2 heteroatoms. The molecule has 1 aromatic rings. The number of nitrogens with two attached hydrogens (primary N) is 1. The molecule has 0 saturated heterocycles. The number of ether oxygens (including phenoxy) is 1. The zero-order chi connectivity index (χ0) is 8.10. The average Bonchev–Trinajstić information content (AvgIpc) is 2.09. The van der Waals surface area contributed by atoms with Gasteiger partial charge in [0, 0.05) is 13.7 Å². The average molecular weight is 151 g/mol. The highest BCUT2D eigenvalue weighted by atomic mass is 16.5. The van der Waals surface area contributed by atoms with Crippen LogP contribution < -0.4 is 5.73 Å². The van der Waals surface area contributed by atoms with Crippen molar-refractivity contribution in [1.29, 1.82) is 0 Å². The lowest BCUT2D eigenvalue weighted by Crippen LogP contribution is -2.13. The smallest absolute Gasteiger partial charge is 0.0943 e. The molecule has 0 aliphatic heterocycles. The van der Waals surface area contributed by atoms with E-state index in [0.717, 1.165) is 5.56 Å². The summed E-state index contributed by atoms with van der Waals surface area (Å²) >= 11 is 0.